The van der Waals surface area contributed by atoms with Gasteiger partial charge in [0.15, 0.2) is 0 Å². The van der Waals surface area contributed by atoms with Gasteiger partial charge in [0.2, 0.25) is 0 Å². The van der Waals surface area contributed by atoms with Crippen molar-refractivity contribution < 1.29 is 14.6 Å². The third kappa shape index (κ3) is 15.0. The summed E-state index contributed by atoms with van der Waals surface area (Å²) in [4.78, 5) is 10.4. The predicted molar refractivity (Wildman–Crippen MR) is 68.8 cm³/mol. The summed E-state index contributed by atoms with van der Waals surface area (Å²) < 4.78 is 4.59. The molecule has 0 heterocycles. The van der Waals surface area contributed by atoms with Gasteiger partial charge in [-0.2, -0.15) is 37.9 Å². The zero-order valence-electron chi connectivity index (χ0n) is 8.22. The van der Waals surface area contributed by atoms with Crippen molar-refractivity contribution in [1.29, 1.82) is 0 Å². The van der Waals surface area contributed by atoms with Gasteiger partial charge in [0.25, 0.3) is 0 Å². The first kappa shape index (κ1) is 16.9. The molecule has 0 bridgehead atoms. The molecule has 0 fully saturated rings. The van der Waals surface area contributed by atoms with Gasteiger partial charge in [-0.15, -0.1) is 0 Å². The molecule has 1 unspecified atom stereocenters. The smallest absolute Gasteiger partial charge is 0.306 e. The number of aliphatic hydroxyl groups is 1. The van der Waals surface area contributed by atoms with Gasteiger partial charge in [0, 0.05) is 16.8 Å². The number of esters is 1. The van der Waals surface area contributed by atoms with Crippen LogP contribution < -0.4 is 0 Å². The lowest BCUT2D eigenvalue weighted by Gasteiger charge is -1.96. The summed E-state index contributed by atoms with van der Waals surface area (Å²) >= 11 is 11.6. The number of rotatable bonds is 5. The van der Waals surface area contributed by atoms with E-state index >= 15 is 0 Å². The number of carbonyl (C=O) groups excluding carboxylic acids is 1. The molecule has 0 aliphatic rings. The molecule has 0 amide bonds. The van der Waals surface area contributed by atoms with Gasteiger partial charge in [-0.3, -0.25) is 4.79 Å². The Balaban J connectivity index is 0. The van der Waals surface area contributed by atoms with E-state index in [1.807, 2.05) is 0 Å². The second kappa shape index (κ2) is 13.5. The van der Waals surface area contributed by atoms with Gasteiger partial charge in [-0.05, 0) is 6.92 Å². The normalized spacial score (nSPS) is 11.2. The molecule has 6 heteroatoms. The second-order valence-electron chi connectivity index (χ2n) is 2.30. The summed E-state index contributed by atoms with van der Waals surface area (Å²) in [5.74, 6) is 1.04. The predicted octanol–water partition coefficient (Wildman–Crippen LogP) is 1.08. The summed E-state index contributed by atoms with van der Waals surface area (Å²) in [5.41, 5.74) is 0. The van der Waals surface area contributed by atoms with E-state index in [4.69, 9.17) is 5.11 Å². The van der Waals surface area contributed by atoms with E-state index in [2.05, 4.69) is 42.6 Å². The van der Waals surface area contributed by atoms with Gasteiger partial charge in [-0.1, -0.05) is 0 Å². The molecule has 14 heavy (non-hydrogen) atoms. The van der Waals surface area contributed by atoms with E-state index in [9.17, 15) is 4.79 Å². The fraction of sp³-hybridized carbons (Fsp3) is 0.875. The van der Waals surface area contributed by atoms with Gasteiger partial charge in [-0.25, -0.2) is 0 Å². The lowest BCUT2D eigenvalue weighted by atomic mass is 10.5. The zero-order chi connectivity index (χ0) is 11.4. The van der Waals surface area contributed by atoms with Crippen molar-refractivity contribution in [2.45, 2.75) is 18.6 Å². The van der Waals surface area contributed by atoms with Crippen LogP contribution in [-0.4, -0.2) is 41.0 Å². The van der Waals surface area contributed by atoms with Crippen LogP contribution in [0.25, 0.3) is 0 Å². The van der Waals surface area contributed by atoms with Gasteiger partial charge >= 0.3 is 5.97 Å². The standard InChI is InChI=1S/C5H10O2S.C3H8OS2/c1-2-7-5(6)3-4-8;4-1-3(6)2-5/h8H,2-4H2,1H3;3-6H,1-2H2. The largest absolute Gasteiger partial charge is 0.466 e. The van der Waals surface area contributed by atoms with Crippen LogP contribution in [-0.2, 0) is 9.53 Å². The molecule has 86 valence electrons. The van der Waals surface area contributed by atoms with Crippen LogP contribution in [0.15, 0.2) is 0 Å². The fourth-order valence-corrected chi connectivity index (χ4v) is 0.680. The molecule has 0 aromatic rings. The molecule has 0 radical (unpaired) electrons. The van der Waals surface area contributed by atoms with E-state index in [-0.39, 0.29) is 17.8 Å². The molecule has 1 atom stereocenters. The minimum Gasteiger partial charge on any atom is -0.466 e. The van der Waals surface area contributed by atoms with E-state index in [0.717, 1.165) is 0 Å². The third-order valence-corrected chi connectivity index (χ3v) is 2.34. The van der Waals surface area contributed by atoms with Crippen molar-refractivity contribution in [3.8, 4) is 0 Å². The highest BCUT2D eigenvalue weighted by Crippen LogP contribution is 1.93. The van der Waals surface area contributed by atoms with Gasteiger partial charge < -0.3 is 9.84 Å². The summed E-state index contributed by atoms with van der Waals surface area (Å²) in [6.45, 7) is 2.37. The van der Waals surface area contributed by atoms with Crippen LogP contribution in [0.1, 0.15) is 13.3 Å². The molecule has 0 aromatic heterocycles. The van der Waals surface area contributed by atoms with Crippen LogP contribution in [0.2, 0.25) is 0 Å². The van der Waals surface area contributed by atoms with Crippen LogP contribution in [0.3, 0.4) is 0 Å². The van der Waals surface area contributed by atoms with Crippen LogP contribution in [0, 0.1) is 0 Å². The first-order chi connectivity index (χ1) is 6.62. The SMILES string of the molecule is CCOC(=O)CCS.OCC(S)CS. The average Bonchev–Trinajstić information content (AvgIpc) is 2.18. The first-order valence-corrected chi connectivity index (χ1v) is 6.06. The summed E-state index contributed by atoms with van der Waals surface area (Å²) in [7, 11) is 0. The van der Waals surface area contributed by atoms with Crippen LogP contribution in [0.4, 0.5) is 0 Å². The molecule has 1 N–H and O–H groups in total. The van der Waals surface area contributed by atoms with Crippen molar-refractivity contribution in [3.05, 3.63) is 0 Å². The quantitative estimate of drug-likeness (QED) is 0.441. The van der Waals surface area contributed by atoms with Crippen molar-refractivity contribution in [2.75, 3.05) is 24.7 Å². The Kier molecular flexibility index (Phi) is 16.3. The first-order valence-electron chi connectivity index (χ1n) is 4.28. The highest BCUT2D eigenvalue weighted by Gasteiger charge is 1.95. The Hall–Kier alpha value is 0.480. The minimum atomic E-state index is -0.164. The summed E-state index contributed by atoms with van der Waals surface area (Å²) in [5, 5.41) is 8.26. The number of aliphatic hydroxyl groups excluding tert-OH is 1. The molecule has 0 spiro atoms. The Labute approximate surface area is 102 Å². The lowest BCUT2D eigenvalue weighted by molar-refractivity contribution is -0.142. The molecule has 0 aliphatic heterocycles. The van der Waals surface area contributed by atoms with Gasteiger partial charge in [0.1, 0.15) is 0 Å². The third-order valence-electron chi connectivity index (χ3n) is 1.04. The highest BCUT2D eigenvalue weighted by atomic mass is 32.1. The molecule has 0 saturated carbocycles. The number of ether oxygens (including phenoxy) is 1. The highest BCUT2D eigenvalue weighted by molar-refractivity contribution is 7.84. The number of hydrogen-bond donors (Lipinski definition) is 4. The van der Waals surface area contributed by atoms with Crippen LogP contribution >= 0.6 is 37.9 Å². The van der Waals surface area contributed by atoms with E-state index in [1.54, 1.807) is 6.92 Å². The number of carbonyl (C=O) groups is 1. The van der Waals surface area contributed by atoms with E-state index < -0.39 is 0 Å². The lowest BCUT2D eigenvalue weighted by Crippen LogP contribution is -2.04. The Morgan fingerprint density at radius 2 is 2.07 bits per heavy atom. The van der Waals surface area contributed by atoms with E-state index in [0.29, 0.717) is 24.5 Å². The van der Waals surface area contributed by atoms with Crippen LogP contribution in [0.5, 0.6) is 0 Å². The molecule has 0 aromatic carbocycles. The maximum Gasteiger partial charge on any atom is 0.306 e. The van der Waals surface area contributed by atoms with Crippen molar-refractivity contribution in [2.24, 2.45) is 0 Å². The molecule has 3 nitrogen and oxygen atoms in total. The maximum absolute atomic E-state index is 10.4. The second-order valence-corrected chi connectivity index (χ2v) is 3.84. The van der Waals surface area contributed by atoms with Crippen molar-refractivity contribution in [3.63, 3.8) is 0 Å². The van der Waals surface area contributed by atoms with Crippen molar-refractivity contribution in [1.82, 2.24) is 0 Å². The molecular formula is C8H18O3S3. The van der Waals surface area contributed by atoms with Gasteiger partial charge in [0.05, 0.1) is 19.6 Å². The fourth-order valence-electron chi connectivity index (χ4n) is 0.382. The van der Waals surface area contributed by atoms with E-state index in [1.165, 1.54) is 0 Å². The topological polar surface area (TPSA) is 46.5 Å². The Morgan fingerprint density at radius 1 is 1.50 bits per heavy atom. The average molecular weight is 258 g/mol. The van der Waals surface area contributed by atoms with Crippen molar-refractivity contribution >= 4 is 43.9 Å². The summed E-state index contributed by atoms with van der Waals surface area (Å²) in [6.07, 6.45) is 0.414. The molecular weight excluding hydrogens is 240 g/mol. The Morgan fingerprint density at radius 3 is 2.29 bits per heavy atom. The molecule has 0 saturated heterocycles. The number of thiol groups is 3. The number of hydrogen-bond acceptors (Lipinski definition) is 6. The summed E-state index contributed by atoms with van der Waals surface area (Å²) in [6, 6.07) is 0. The zero-order valence-corrected chi connectivity index (χ0v) is 10.9. The molecule has 0 rings (SSSR count). The maximum atomic E-state index is 10.4. The minimum absolute atomic E-state index is 0.0494. The molecule has 0 aliphatic carbocycles. The monoisotopic (exact) mass is 258 g/mol. The Bertz CT molecular complexity index is 121.